The Bertz CT molecular complexity index is 1180. The molecule has 0 saturated carbocycles. The lowest BCUT2D eigenvalue weighted by atomic mass is 10.2. The Morgan fingerprint density at radius 3 is 2.19 bits per heavy atom. The van der Waals surface area contributed by atoms with Crippen LogP contribution in [0.2, 0.25) is 0 Å². The van der Waals surface area contributed by atoms with Crippen molar-refractivity contribution in [3.05, 3.63) is 71.8 Å². The maximum Gasteiger partial charge on any atom is 0.265 e. The van der Waals surface area contributed by atoms with E-state index in [4.69, 9.17) is 4.74 Å². The van der Waals surface area contributed by atoms with Crippen LogP contribution in [0.5, 0.6) is 5.75 Å². The highest BCUT2D eigenvalue weighted by Gasteiger charge is 2.20. The van der Waals surface area contributed by atoms with Gasteiger partial charge >= 0.3 is 0 Å². The van der Waals surface area contributed by atoms with Crippen LogP contribution < -0.4 is 14.8 Å². The van der Waals surface area contributed by atoms with Crippen molar-refractivity contribution in [2.45, 2.75) is 38.2 Å². The van der Waals surface area contributed by atoms with Crippen molar-refractivity contribution >= 4 is 27.6 Å². The number of carbonyl (C=O) groups excluding carboxylic acids is 1. The Kier molecular flexibility index (Phi) is 7.04. The van der Waals surface area contributed by atoms with Gasteiger partial charge in [0.2, 0.25) is 5.95 Å². The number of ether oxygens (including phenoxy) is 1. The Morgan fingerprint density at radius 2 is 1.62 bits per heavy atom. The van der Waals surface area contributed by atoms with E-state index >= 15 is 0 Å². The largest absolute Gasteiger partial charge is 0.481 e. The van der Waals surface area contributed by atoms with Gasteiger partial charge in [-0.05, 0) is 74.9 Å². The van der Waals surface area contributed by atoms with Crippen LogP contribution in [0.25, 0.3) is 0 Å². The number of hydrogen-bond donors (Lipinski definition) is 2. The standard InChI is InChI=1S/C22H23FN4O4S/c1-4-20(31-18-9-5-16(23)6-10-18)21(28)26-17-7-11-19(12-8-17)32(29,30)27-22-24-14(2)13-15(3)25-22/h5-13,20H,4H2,1-3H3,(H,26,28)(H,24,25,27)/t20-/m0/s1. The minimum absolute atomic E-state index is 0.00661. The van der Waals surface area contributed by atoms with Gasteiger partial charge in [0.1, 0.15) is 11.6 Å². The van der Waals surface area contributed by atoms with E-state index in [2.05, 4.69) is 20.0 Å². The fourth-order valence-electron chi connectivity index (χ4n) is 2.89. The molecule has 3 rings (SSSR count). The Hall–Kier alpha value is -3.53. The molecular weight excluding hydrogens is 435 g/mol. The lowest BCUT2D eigenvalue weighted by molar-refractivity contribution is -0.122. The molecule has 0 bridgehead atoms. The number of halogens is 1. The zero-order chi connectivity index (χ0) is 23.3. The lowest BCUT2D eigenvalue weighted by Gasteiger charge is -2.17. The van der Waals surface area contributed by atoms with E-state index in [1.807, 2.05) is 0 Å². The van der Waals surface area contributed by atoms with Gasteiger partial charge in [-0.1, -0.05) is 6.92 Å². The topological polar surface area (TPSA) is 110 Å². The molecule has 0 aliphatic carbocycles. The molecular formula is C22H23FN4O4S. The molecule has 0 radical (unpaired) electrons. The molecule has 2 N–H and O–H groups in total. The number of benzene rings is 2. The molecule has 0 saturated heterocycles. The van der Waals surface area contributed by atoms with E-state index in [1.165, 1.54) is 48.5 Å². The number of anilines is 2. The summed E-state index contributed by atoms with van der Waals surface area (Å²) in [6.07, 6.45) is -0.414. The summed E-state index contributed by atoms with van der Waals surface area (Å²) in [4.78, 5) is 20.7. The van der Waals surface area contributed by atoms with E-state index < -0.39 is 27.9 Å². The van der Waals surface area contributed by atoms with Crippen molar-refractivity contribution in [1.29, 1.82) is 0 Å². The molecule has 1 atom stereocenters. The average Bonchev–Trinajstić information content (AvgIpc) is 2.72. The quantitative estimate of drug-likeness (QED) is 0.531. The molecule has 0 fully saturated rings. The third kappa shape index (κ3) is 6.01. The molecule has 1 heterocycles. The second-order valence-electron chi connectivity index (χ2n) is 7.06. The number of sulfonamides is 1. The normalized spacial score (nSPS) is 12.1. The van der Waals surface area contributed by atoms with Crippen LogP contribution in [-0.4, -0.2) is 30.4 Å². The molecule has 10 heteroatoms. The van der Waals surface area contributed by atoms with Gasteiger partial charge < -0.3 is 10.1 Å². The van der Waals surface area contributed by atoms with Gasteiger partial charge in [-0.3, -0.25) is 4.79 Å². The second kappa shape index (κ2) is 9.73. The number of rotatable bonds is 8. The van der Waals surface area contributed by atoms with Crippen molar-refractivity contribution in [1.82, 2.24) is 9.97 Å². The van der Waals surface area contributed by atoms with Crippen LogP contribution in [0.1, 0.15) is 24.7 Å². The number of carbonyl (C=O) groups is 1. The summed E-state index contributed by atoms with van der Waals surface area (Å²) in [6.45, 7) is 5.27. The first kappa shape index (κ1) is 23.1. The molecule has 1 aromatic heterocycles. The van der Waals surface area contributed by atoms with E-state index in [-0.39, 0.29) is 10.8 Å². The Labute approximate surface area is 185 Å². The predicted octanol–water partition coefficient (Wildman–Crippen LogP) is 3.83. The molecule has 0 aliphatic heterocycles. The first-order chi connectivity index (χ1) is 15.2. The zero-order valence-corrected chi connectivity index (χ0v) is 18.6. The summed E-state index contributed by atoms with van der Waals surface area (Å²) in [7, 11) is -3.90. The van der Waals surface area contributed by atoms with Crippen molar-refractivity contribution in [2.24, 2.45) is 0 Å². The highest BCUT2D eigenvalue weighted by atomic mass is 32.2. The van der Waals surface area contributed by atoms with Gasteiger partial charge in [0.05, 0.1) is 4.90 Å². The molecule has 32 heavy (non-hydrogen) atoms. The predicted molar refractivity (Wildman–Crippen MR) is 118 cm³/mol. The molecule has 8 nitrogen and oxygen atoms in total. The molecule has 0 aliphatic rings. The minimum Gasteiger partial charge on any atom is -0.481 e. The number of hydrogen-bond acceptors (Lipinski definition) is 6. The molecule has 168 valence electrons. The Morgan fingerprint density at radius 1 is 1.03 bits per heavy atom. The van der Waals surface area contributed by atoms with Crippen LogP contribution in [0.15, 0.2) is 59.5 Å². The van der Waals surface area contributed by atoms with Gasteiger partial charge in [0.25, 0.3) is 15.9 Å². The van der Waals surface area contributed by atoms with Crippen LogP contribution >= 0.6 is 0 Å². The highest BCUT2D eigenvalue weighted by molar-refractivity contribution is 7.92. The van der Waals surface area contributed by atoms with Gasteiger partial charge in [0.15, 0.2) is 6.10 Å². The third-order valence-corrected chi connectivity index (χ3v) is 5.74. The number of aryl methyl sites for hydroxylation is 2. The molecule has 0 spiro atoms. The van der Waals surface area contributed by atoms with E-state index in [1.54, 1.807) is 26.8 Å². The van der Waals surface area contributed by atoms with Crippen LogP contribution in [0, 0.1) is 19.7 Å². The first-order valence-corrected chi connectivity index (χ1v) is 11.3. The van der Waals surface area contributed by atoms with Gasteiger partial charge in [-0.15, -0.1) is 0 Å². The summed E-state index contributed by atoms with van der Waals surface area (Å²) >= 11 is 0. The average molecular weight is 459 g/mol. The number of amides is 1. The van der Waals surface area contributed by atoms with Crippen molar-refractivity contribution in [3.8, 4) is 5.75 Å². The number of aromatic nitrogens is 2. The lowest BCUT2D eigenvalue weighted by Crippen LogP contribution is -2.32. The van der Waals surface area contributed by atoms with Crippen molar-refractivity contribution in [3.63, 3.8) is 0 Å². The fourth-order valence-corrected chi connectivity index (χ4v) is 3.83. The van der Waals surface area contributed by atoms with Crippen LogP contribution in [0.4, 0.5) is 16.0 Å². The van der Waals surface area contributed by atoms with E-state index in [0.29, 0.717) is 29.2 Å². The number of nitrogens with zero attached hydrogens (tertiary/aromatic N) is 2. The van der Waals surface area contributed by atoms with Gasteiger partial charge in [-0.25, -0.2) is 27.5 Å². The SMILES string of the molecule is CC[C@H](Oc1ccc(F)cc1)C(=O)Nc1ccc(S(=O)(=O)Nc2nc(C)cc(C)n2)cc1. The first-order valence-electron chi connectivity index (χ1n) is 9.84. The summed E-state index contributed by atoms with van der Waals surface area (Å²) in [5.74, 6) is -0.448. The maximum atomic E-state index is 13.0. The summed E-state index contributed by atoms with van der Waals surface area (Å²) in [5, 5.41) is 2.69. The third-order valence-electron chi connectivity index (χ3n) is 4.40. The van der Waals surface area contributed by atoms with Crippen molar-refractivity contribution < 1.29 is 22.3 Å². The summed E-state index contributed by atoms with van der Waals surface area (Å²) < 4.78 is 46.2. The van der Waals surface area contributed by atoms with Crippen LogP contribution in [-0.2, 0) is 14.8 Å². The van der Waals surface area contributed by atoms with E-state index in [9.17, 15) is 17.6 Å². The fraction of sp³-hybridized carbons (Fsp3) is 0.227. The van der Waals surface area contributed by atoms with Crippen molar-refractivity contribution in [2.75, 3.05) is 10.0 Å². The second-order valence-corrected chi connectivity index (χ2v) is 8.74. The molecule has 2 aromatic carbocycles. The Balaban J connectivity index is 1.67. The molecule has 3 aromatic rings. The van der Waals surface area contributed by atoms with Crippen LogP contribution in [0.3, 0.4) is 0 Å². The smallest absolute Gasteiger partial charge is 0.265 e. The summed E-state index contributed by atoms with van der Waals surface area (Å²) in [5.41, 5.74) is 1.68. The van der Waals surface area contributed by atoms with Gasteiger partial charge in [0, 0.05) is 17.1 Å². The number of nitrogens with one attached hydrogen (secondary N) is 2. The highest BCUT2D eigenvalue weighted by Crippen LogP contribution is 2.19. The summed E-state index contributed by atoms with van der Waals surface area (Å²) in [6, 6.07) is 12.8. The maximum absolute atomic E-state index is 13.0. The molecule has 0 unspecified atom stereocenters. The van der Waals surface area contributed by atoms with E-state index in [0.717, 1.165) is 0 Å². The van der Waals surface area contributed by atoms with Gasteiger partial charge in [-0.2, -0.15) is 0 Å². The molecule has 1 amide bonds. The zero-order valence-electron chi connectivity index (χ0n) is 17.8. The minimum atomic E-state index is -3.90. The monoisotopic (exact) mass is 458 g/mol.